The Morgan fingerprint density at radius 1 is 1.20 bits per heavy atom. The fourth-order valence-electron chi connectivity index (χ4n) is 5.67. The van der Waals surface area contributed by atoms with Crippen molar-refractivity contribution in [3.8, 4) is 11.1 Å². The molecule has 0 radical (unpaired) electrons. The molecule has 1 amide bonds. The molecule has 4 heterocycles. The molecule has 1 atom stereocenters. The third-order valence-electron chi connectivity index (χ3n) is 8.11. The van der Waals surface area contributed by atoms with Crippen LogP contribution in [0.5, 0.6) is 0 Å². The first-order chi connectivity index (χ1) is 19.0. The number of anilines is 1. The predicted octanol–water partition coefficient (Wildman–Crippen LogP) is 3.39. The van der Waals surface area contributed by atoms with Gasteiger partial charge in [-0.05, 0) is 52.5 Å². The van der Waals surface area contributed by atoms with E-state index in [0.717, 1.165) is 48.0 Å². The highest BCUT2D eigenvalue weighted by Gasteiger charge is 2.37. The molecule has 0 spiro atoms. The number of aliphatic hydroxyl groups is 1. The Kier molecular flexibility index (Phi) is 8.13. The molecule has 13 heteroatoms. The van der Waals surface area contributed by atoms with Gasteiger partial charge in [0.25, 0.3) is 0 Å². The summed E-state index contributed by atoms with van der Waals surface area (Å²) in [4.78, 5) is 19.7. The van der Waals surface area contributed by atoms with Gasteiger partial charge >= 0.3 is 0 Å². The normalized spacial score (nSPS) is 23.2. The maximum Gasteiger partial charge on any atom is 0.250 e. The van der Waals surface area contributed by atoms with Crippen LogP contribution in [0.15, 0.2) is 24.7 Å². The average molecular weight is 576 g/mol. The van der Waals surface area contributed by atoms with Gasteiger partial charge in [0.2, 0.25) is 11.9 Å². The lowest BCUT2D eigenvalue weighted by atomic mass is 9.85. The molecule has 1 saturated heterocycles. The lowest BCUT2D eigenvalue weighted by Gasteiger charge is -2.43. The van der Waals surface area contributed by atoms with Gasteiger partial charge in [0.1, 0.15) is 5.54 Å². The van der Waals surface area contributed by atoms with E-state index in [1.807, 2.05) is 37.7 Å². The highest BCUT2D eigenvalue weighted by molar-refractivity contribution is 8.24. The van der Waals surface area contributed by atoms with Crippen molar-refractivity contribution < 1.29 is 23.7 Å². The van der Waals surface area contributed by atoms with Gasteiger partial charge in [0.05, 0.1) is 42.1 Å². The molecule has 0 unspecified atom stereocenters. The van der Waals surface area contributed by atoms with Crippen LogP contribution >= 0.6 is 10.6 Å². The zero-order chi connectivity index (χ0) is 28.7. The summed E-state index contributed by atoms with van der Waals surface area (Å²) in [7, 11) is -0.930. The van der Waals surface area contributed by atoms with Gasteiger partial charge < -0.3 is 20.1 Å². The van der Waals surface area contributed by atoms with Crippen molar-refractivity contribution in [3.05, 3.63) is 30.4 Å². The minimum absolute atomic E-state index is 0.0382. The summed E-state index contributed by atoms with van der Waals surface area (Å²) in [5.74, 6) is 1.07. The Balaban J connectivity index is 1.46. The molecule has 0 aromatic carbocycles. The summed E-state index contributed by atoms with van der Waals surface area (Å²) in [6.07, 6.45) is 8.47. The molecule has 3 aromatic heterocycles. The quantitative estimate of drug-likeness (QED) is 0.317. The van der Waals surface area contributed by atoms with Crippen molar-refractivity contribution in [3.63, 3.8) is 0 Å². The van der Waals surface area contributed by atoms with Gasteiger partial charge in [-0.1, -0.05) is 0 Å². The molecule has 1 saturated carbocycles. The van der Waals surface area contributed by atoms with E-state index in [-0.39, 0.29) is 35.5 Å². The first-order valence-electron chi connectivity index (χ1n) is 13.9. The van der Waals surface area contributed by atoms with Crippen molar-refractivity contribution in [2.45, 2.75) is 70.1 Å². The topological polar surface area (TPSA) is 150 Å². The van der Waals surface area contributed by atoms with Gasteiger partial charge in [-0.3, -0.25) is 18.6 Å². The van der Waals surface area contributed by atoms with Crippen LogP contribution in [-0.2, 0) is 15.1 Å². The van der Waals surface area contributed by atoms with E-state index in [2.05, 4.69) is 21.5 Å². The van der Waals surface area contributed by atoms with E-state index in [1.165, 1.54) is 0 Å². The standard InChI is InChI=1S/C27H41N7O5S/c1-18(17-39-4)30-26-28-15-24-22(13-23(34(24)31-26)19-5-7-21(35)8-6-19)20-14-29-33(16-20)27(2,3)25(36)32-9-11-40(37,38)12-10-32/h13-16,18-19,21,35,37-38H,5-12,17H2,1-4H3,(H,30,31)/t18-,19?,21?/m0/s1. The number of carbonyl (C=O) groups is 1. The maximum absolute atomic E-state index is 13.4. The average Bonchev–Trinajstić information content (AvgIpc) is 3.55. The second-order valence-corrected chi connectivity index (χ2v) is 14.0. The van der Waals surface area contributed by atoms with E-state index in [0.29, 0.717) is 25.6 Å². The van der Waals surface area contributed by atoms with Crippen molar-refractivity contribution in [1.29, 1.82) is 0 Å². The highest BCUT2D eigenvalue weighted by atomic mass is 32.3. The molecule has 1 aliphatic heterocycles. The molecule has 2 fully saturated rings. The number of hydrogen-bond acceptors (Lipinski definition) is 9. The summed E-state index contributed by atoms with van der Waals surface area (Å²) in [5.41, 5.74) is 2.74. The van der Waals surface area contributed by atoms with E-state index in [4.69, 9.17) is 9.84 Å². The first kappa shape index (κ1) is 28.8. The largest absolute Gasteiger partial charge is 0.393 e. The lowest BCUT2D eigenvalue weighted by molar-refractivity contribution is -0.139. The monoisotopic (exact) mass is 575 g/mol. The van der Waals surface area contributed by atoms with E-state index >= 15 is 0 Å². The van der Waals surface area contributed by atoms with Crippen LogP contribution in [0, 0.1) is 0 Å². The summed E-state index contributed by atoms with van der Waals surface area (Å²) in [6.45, 7) is 6.83. The van der Waals surface area contributed by atoms with Gasteiger partial charge in [-0.15, -0.1) is 5.10 Å². The fraction of sp³-hybridized carbons (Fsp3) is 0.630. The number of aromatic nitrogens is 5. The molecule has 5 rings (SSSR count). The Hall–Kier alpha value is -2.71. The van der Waals surface area contributed by atoms with Crippen molar-refractivity contribution in [2.75, 3.05) is 43.6 Å². The number of amides is 1. The fourth-order valence-corrected chi connectivity index (χ4v) is 6.90. The molecular formula is C27H41N7O5S. The summed E-state index contributed by atoms with van der Waals surface area (Å²) >= 11 is 0. The third kappa shape index (κ3) is 5.84. The summed E-state index contributed by atoms with van der Waals surface area (Å²) in [5, 5.41) is 22.8. The first-order valence-corrected chi connectivity index (χ1v) is 15.8. The van der Waals surface area contributed by atoms with Gasteiger partial charge in [0.15, 0.2) is 0 Å². The Bertz CT molecular complexity index is 1340. The number of nitrogens with zero attached hydrogens (tertiary/aromatic N) is 6. The van der Waals surface area contributed by atoms with Gasteiger partial charge in [-0.25, -0.2) is 9.50 Å². The SMILES string of the molecule is COC[C@H](C)Nc1ncc2c(-c3cnn(C(C)(C)C(=O)N4CCS(O)(O)CC4)c3)cc(C3CCC(O)CC3)n2n1. The number of ether oxygens (including phenoxy) is 1. The Morgan fingerprint density at radius 3 is 2.58 bits per heavy atom. The lowest BCUT2D eigenvalue weighted by Crippen LogP contribution is -2.51. The van der Waals surface area contributed by atoms with Gasteiger partial charge in [-0.2, -0.15) is 15.7 Å². The number of rotatable bonds is 8. The van der Waals surface area contributed by atoms with Gasteiger partial charge in [0, 0.05) is 55.2 Å². The zero-order valence-electron chi connectivity index (χ0n) is 23.7. The second-order valence-electron chi connectivity index (χ2n) is 11.6. The van der Waals surface area contributed by atoms with E-state index < -0.39 is 16.1 Å². The molecule has 0 bridgehead atoms. The van der Waals surface area contributed by atoms with Crippen LogP contribution in [0.2, 0.25) is 0 Å². The van der Waals surface area contributed by atoms with Crippen LogP contribution in [0.1, 0.15) is 58.1 Å². The van der Waals surface area contributed by atoms with Crippen LogP contribution in [0.3, 0.4) is 0 Å². The maximum atomic E-state index is 13.4. The molecule has 220 valence electrons. The number of fused-ring (bicyclic) bond motifs is 1. The minimum Gasteiger partial charge on any atom is -0.393 e. The predicted molar refractivity (Wildman–Crippen MR) is 155 cm³/mol. The third-order valence-corrected chi connectivity index (χ3v) is 9.78. The smallest absolute Gasteiger partial charge is 0.250 e. The summed E-state index contributed by atoms with van der Waals surface area (Å²) < 4.78 is 28.8. The highest BCUT2D eigenvalue weighted by Crippen LogP contribution is 2.41. The van der Waals surface area contributed by atoms with Crippen molar-refractivity contribution in [1.82, 2.24) is 29.3 Å². The van der Waals surface area contributed by atoms with Crippen LogP contribution in [-0.4, -0.2) is 99.9 Å². The number of carbonyl (C=O) groups excluding carboxylic acids is 1. The molecule has 1 aliphatic carbocycles. The summed E-state index contributed by atoms with van der Waals surface area (Å²) in [6, 6.07) is 2.18. The van der Waals surface area contributed by atoms with Crippen LogP contribution in [0.25, 0.3) is 16.6 Å². The Morgan fingerprint density at radius 2 is 1.90 bits per heavy atom. The molecule has 12 nitrogen and oxygen atoms in total. The van der Waals surface area contributed by atoms with E-state index in [9.17, 15) is 19.0 Å². The molecule has 3 aromatic rings. The van der Waals surface area contributed by atoms with E-state index in [1.54, 1.807) is 22.9 Å². The van der Waals surface area contributed by atoms with Crippen molar-refractivity contribution in [2.24, 2.45) is 0 Å². The second kappa shape index (κ2) is 11.3. The molecule has 4 N–H and O–H groups in total. The molecular weight excluding hydrogens is 534 g/mol. The minimum atomic E-state index is -2.59. The molecule has 2 aliphatic rings. The number of methoxy groups -OCH3 is 1. The number of nitrogens with one attached hydrogen (secondary N) is 1. The number of aliphatic hydroxyl groups excluding tert-OH is 1. The number of hydrogen-bond donors (Lipinski definition) is 4. The Labute approximate surface area is 236 Å². The van der Waals surface area contributed by atoms with Crippen molar-refractivity contribution >= 4 is 28.0 Å². The van der Waals surface area contributed by atoms with Crippen LogP contribution in [0.4, 0.5) is 5.95 Å². The molecule has 40 heavy (non-hydrogen) atoms. The zero-order valence-corrected chi connectivity index (χ0v) is 24.5. The van der Waals surface area contributed by atoms with Crippen LogP contribution < -0.4 is 5.32 Å².